The van der Waals surface area contributed by atoms with Crippen LogP contribution in [0.15, 0.2) is 24.3 Å². The van der Waals surface area contributed by atoms with Crippen molar-refractivity contribution >= 4 is 17.5 Å². The molecule has 1 aromatic carbocycles. The third kappa shape index (κ3) is 6.49. The Balaban J connectivity index is 1.81. The van der Waals surface area contributed by atoms with Crippen molar-refractivity contribution in [1.82, 2.24) is 15.1 Å². The number of hydrogen-bond donors (Lipinski definition) is 2. The molecule has 156 valence electrons. The fraction of sp³-hybridized carbons (Fsp3) is 0.579. The Labute approximate surface area is 163 Å². The normalized spacial score (nSPS) is 17.4. The van der Waals surface area contributed by atoms with E-state index in [1.165, 1.54) is 12.1 Å². The number of nitrogens with one attached hydrogen (secondary N) is 2. The molecular formula is C19H27F3N4O2. The number of carbonyl (C=O) groups excluding carboxylic acids is 2. The molecule has 1 heterocycles. The van der Waals surface area contributed by atoms with E-state index in [0.717, 1.165) is 12.1 Å². The van der Waals surface area contributed by atoms with Gasteiger partial charge in [0.1, 0.15) is 0 Å². The molecule has 1 saturated heterocycles. The monoisotopic (exact) mass is 400 g/mol. The molecule has 6 nitrogen and oxygen atoms in total. The summed E-state index contributed by atoms with van der Waals surface area (Å²) in [7, 11) is 0. The molecule has 0 radical (unpaired) electrons. The third-order valence-electron chi connectivity index (χ3n) is 4.61. The molecule has 0 spiro atoms. The number of anilines is 1. The molecule has 28 heavy (non-hydrogen) atoms. The van der Waals surface area contributed by atoms with Gasteiger partial charge in [0.2, 0.25) is 11.8 Å². The lowest BCUT2D eigenvalue weighted by Crippen LogP contribution is -2.55. The standard InChI is InChI=1S/C19H27F3N4O2/c1-13(2)23-18(28)14(3)26-9-7-25(8-10-26)12-17(27)24-16-6-4-5-15(11-16)19(20,21)22/h4-6,11,13-14H,7-10,12H2,1-3H3,(H,23,28)(H,24,27). The molecule has 0 aliphatic carbocycles. The smallest absolute Gasteiger partial charge is 0.353 e. The molecule has 2 rings (SSSR count). The molecule has 1 atom stereocenters. The minimum Gasteiger partial charge on any atom is -0.353 e. The van der Waals surface area contributed by atoms with Crippen molar-refractivity contribution < 1.29 is 22.8 Å². The predicted molar refractivity (Wildman–Crippen MR) is 101 cm³/mol. The Morgan fingerprint density at radius 1 is 1.11 bits per heavy atom. The van der Waals surface area contributed by atoms with Crippen LogP contribution in [0.25, 0.3) is 0 Å². The second kappa shape index (κ2) is 9.38. The van der Waals surface area contributed by atoms with E-state index in [4.69, 9.17) is 0 Å². The number of hydrogen-bond acceptors (Lipinski definition) is 4. The second-order valence-electron chi connectivity index (χ2n) is 7.28. The quantitative estimate of drug-likeness (QED) is 0.768. The van der Waals surface area contributed by atoms with Gasteiger partial charge in [-0.2, -0.15) is 13.2 Å². The first-order chi connectivity index (χ1) is 13.1. The first kappa shape index (κ1) is 22.2. The van der Waals surface area contributed by atoms with Crippen molar-refractivity contribution in [1.29, 1.82) is 0 Å². The van der Waals surface area contributed by atoms with Crippen LogP contribution in [0.5, 0.6) is 0 Å². The van der Waals surface area contributed by atoms with Crippen molar-refractivity contribution in [2.24, 2.45) is 0 Å². The molecule has 2 amide bonds. The number of benzene rings is 1. The maximum atomic E-state index is 12.8. The Morgan fingerprint density at radius 2 is 1.75 bits per heavy atom. The molecule has 1 aliphatic rings. The summed E-state index contributed by atoms with van der Waals surface area (Å²) in [6.45, 7) is 8.26. The van der Waals surface area contributed by atoms with Crippen molar-refractivity contribution in [2.45, 2.75) is 39.0 Å². The van der Waals surface area contributed by atoms with Crippen LogP contribution in [-0.2, 0) is 15.8 Å². The van der Waals surface area contributed by atoms with Crippen molar-refractivity contribution in [2.75, 3.05) is 38.0 Å². The van der Waals surface area contributed by atoms with Gasteiger partial charge in [0.15, 0.2) is 0 Å². The molecule has 0 saturated carbocycles. The van der Waals surface area contributed by atoms with E-state index >= 15 is 0 Å². The fourth-order valence-corrected chi connectivity index (χ4v) is 3.06. The summed E-state index contributed by atoms with van der Waals surface area (Å²) < 4.78 is 38.3. The Kier molecular flexibility index (Phi) is 7.42. The van der Waals surface area contributed by atoms with E-state index in [0.29, 0.717) is 26.2 Å². The maximum Gasteiger partial charge on any atom is 0.416 e. The highest BCUT2D eigenvalue weighted by molar-refractivity contribution is 5.92. The fourth-order valence-electron chi connectivity index (χ4n) is 3.06. The summed E-state index contributed by atoms with van der Waals surface area (Å²) in [5.74, 6) is -0.385. The minimum atomic E-state index is -4.45. The van der Waals surface area contributed by atoms with Gasteiger partial charge in [0.05, 0.1) is 18.2 Å². The van der Waals surface area contributed by atoms with Gasteiger partial charge in [0, 0.05) is 37.9 Å². The Hall–Kier alpha value is -2.13. The van der Waals surface area contributed by atoms with Crippen molar-refractivity contribution in [3.05, 3.63) is 29.8 Å². The van der Waals surface area contributed by atoms with Crippen LogP contribution in [0.2, 0.25) is 0 Å². The highest BCUT2D eigenvalue weighted by Gasteiger charge is 2.30. The largest absolute Gasteiger partial charge is 0.416 e. The van der Waals surface area contributed by atoms with E-state index in [9.17, 15) is 22.8 Å². The summed E-state index contributed by atoms with van der Waals surface area (Å²) in [6, 6.07) is 4.41. The van der Waals surface area contributed by atoms with Crippen molar-refractivity contribution in [3.63, 3.8) is 0 Å². The zero-order valence-electron chi connectivity index (χ0n) is 16.3. The van der Waals surface area contributed by atoms with Gasteiger partial charge < -0.3 is 10.6 Å². The Bertz CT molecular complexity index is 686. The lowest BCUT2D eigenvalue weighted by Gasteiger charge is -2.37. The van der Waals surface area contributed by atoms with Gasteiger partial charge in [-0.15, -0.1) is 0 Å². The van der Waals surface area contributed by atoms with Gasteiger partial charge in [0.25, 0.3) is 0 Å². The summed E-state index contributed by atoms with van der Waals surface area (Å²) in [5.41, 5.74) is -0.676. The van der Waals surface area contributed by atoms with Crippen LogP contribution in [-0.4, -0.2) is 66.4 Å². The van der Waals surface area contributed by atoms with Gasteiger partial charge in [-0.25, -0.2) is 0 Å². The molecule has 1 fully saturated rings. The molecule has 1 aliphatic heterocycles. The predicted octanol–water partition coefficient (Wildman–Crippen LogP) is 2.17. The van der Waals surface area contributed by atoms with Crippen LogP contribution < -0.4 is 10.6 Å². The minimum absolute atomic E-state index is 0.0225. The second-order valence-corrected chi connectivity index (χ2v) is 7.28. The first-order valence-corrected chi connectivity index (χ1v) is 9.30. The van der Waals surface area contributed by atoms with E-state index in [-0.39, 0.29) is 36.1 Å². The highest BCUT2D eigenvalue weighted by Crippen LogP contribution is 2.30. The third-order valence-corrected chi connectivity index (χ3v) is 4.61. The number of piperazine rings is 1. The highest BCUT2D eigenvalue weighted by atomic mass is 19.4. The number of alkyl halides is 3. The van der Waals surface area contributed by atoms with Gasteiger partial charge in [-0.3, -0.25) is 19.4 Å². The summed E-state index contributed by atoms with van der Waals surface area (Å²) in [4.78, 5) is 28.3. The van der Waals surface area contributed by atoms with Crippen LogP contribution in [0.4, 0.5) is 18.9 Å². The molecule has 0 bridgehead atoms. The molecule has 9 heteroatoms. The lowest BCUT2D eigenvalue weighted by molar-refractivity contribution is -0.137. The molecule has 1 aromatic rings. The van der Waals surface area contributed by atoms with E-state index in [2.05, 4.69) is 15.5 Å². The molecule has 0 aromatic heterocycles. The van der Waals surface area contributed by atoms with Crippen LogP contribution in [0, 0.1) is 0 Å². The van der Waals surface area contributed by atoms with Crippen LogP contribution in [0.3, 0.4) is 0 Å². The number of nitrogens with zero attached hydrogens (tertiary/aromatic N) is 2. The Morgan fingerprint density at radius 3 is 2.32 bits per heavy atom. The van der Waals surface area contributed by atoms with Gasteiger partial charge >= 0.3 is 6.18 Å². The first-order valence-electron chi connectivity index (χ1n) is 9.30. The zero-order valence-corrected chi connectivity index (χ0v) is 16.3. The number of amides is 2. The van der Waals surface area contributed by atoms with Gasteiger partial charge in [-0.05, 0) is 39.0 Å². The average Bonchev–Trinajstić information content (AvgIpc) is 2.60. The van der Waals surface area contributed by atoms with Crippen LogP contribution in [0.1, 0.15) is 26.3 Å². The van der Waals surface area contributed by atoms with E-state index in [1.54, 1.807) is 0 Å². The molecule has 2 N–H and O–H groups in total. The maximum absolute atomic E-state index is 12.8. The van der Waals surface area contributed by atoms with Gasteiger partial charge in [-0.1, -0.05) is 6.07 Å². The SMILES string of the molecule is CC(C)NC(=O)C(C)N1CCN(CC(=O)Nc2cccc(C(F)(F)F)c2)CC1. The molecule has 1 unspecified atom stereocenters. The van der Waals surface area contributed by atoms with Crippen LogP contribution >= 0.6 is 0 Å². The number of rotatable bonds is 6. The van der Waals surface area contributed by atoms with Crippen molar-refractivity contribution in [3.8, 4) is 0 Å². The zero-order chi connectivity index (χ0) is 20.9. The average molecular weight is 400 g/mol. The topological polar surface area (TPSA) is 64.7 Å². The van der Waals surface area contributed by atoms with E-state index < -0.39 is 11.7 Å². The summed E-state index contributed by atoms with van der Waals surface area (Å²) >= 11 is 0. The summed E-state index contributed by atoms with van der Waals surface area (Å²) in [5, 5.41) is 5.40. The number of halogens is 3. The summed E-state index contributed by atoms with van der Waals surface area (Å²) in [6.07, 6.45) is -4.45. The number of carbonyl (C=O) groups is 2. The lowest BCUT2D eigenvalue weighted by atomic mass is 10.2. The molecular weight excluding hydrogens is 373 g/mol. The van der Waals surface area contributed by atoms with E-state index in [1.807, 2.05) is 25.7 Å².